The first-order chi connectivity index (χ1) is 13.6. The van der Waals surface area contributed by atoms with E-state index in [1.165, 1.54) is 29.7 Å². The minimum atomic E-state index is -3.97. The highest BCUT2D eigenvalue weighted by atomic mass is 32.2. The molecule has 2 rings (SSSR count). The third kappa shape index (κ3) is 5.37. The molecule has 156 valence electrons. The van der Waals surface area contributed by atoms with Crippen LogP contribution in [0.4, 0.5) is 5.69 Å². The van der Waals surface area contributed by atoms with Crippen LogP contribution >= 0.6 is 0 Å². The number of rotatable bonds is 8. The van der Waals surface area contributed by atoms with Crippen molar-refractivity contribution in [3.05, 3.63) is 68.8 Å². The highest BCUT2D eigenvalue weighted by Crippen LogP contribution is 2.27. The molecule has 0 saturated carbocycles. The molecular formula is C19H23N3O6S. The Kier molecular flexibility index (Phi) is 7.07. The molecule has 29 heavy (non-hydrogen) atoms. The van der Waals surface area contributed by atoms with Gasteiger partial charge in [-0.15, -0.1) is 0 Å². The summed E-state index contributed by atoms with van der Waals surface area (Å²) in [4.78, 5) is 21.9. The number of non-ortho nitro benzene ring substituents is 1. The summed E-state index contributed by atoms with van der Waals surface area (Å²) >= 11 is 0. The molecule has 0 saturated heterocycles. The minimum absolute atomic E-state index is 0.0776. The van der Waals surface area contributed by atoms with Gasteiger partial charge in [-0.05, 0) is 37.5 Å². The number of nitrogens with zero attached hydrogens (tertiary/aromatic N) is 2. The molecule has 0 bridgehead atoms. The lowest BCUT2D eigenvalue weighted by molar-refractivity contribution is -0.384. The van der Waals surface area contributed by atoms with Crippen LogP contribution in [0.25, 0.3) is 0 Å². The number of hydrogen-bond donors (Lipinski definition) is 2. The molecule has 0 fully saturated rings. The second kappa shape index (κ2) is 9.12. The first kappa shape index (κ1) is 22.5. The number of nitro groups is 1. The zero-order valence-electron chi connectivity index (χ0n) is 16.4. The Balaban J connectivity index is 2.43. The van der Waals surface area contributed by atoms with Gasteiger partial charge < -0.3 is 0 Å². The van der Waals surface area contributed by atoms with Crippen LogP contribution < -0.4 is 5.48 Å². The Hall–Kier alpha value is -2.82. The molecule has 2 aromatic rings. The summed E-state index contributed by atoms with van der Waals surface area (Å²) in [5.41, 5.74) is 4.02. The van der Waals surface area contributed by atoms with E-state index >= 15 is 0 Å². The Morgan fingerprint density at radius 3 is 2.17 bits per heavy atom. The van der Waals surface area contributed by atoms with E-state index in [-0.39, 0.29) is 30.1 Å². The average Bonchev–Trinajstić information content (AvgIpc) is 2.63. The van der Waals surface area contributed by atoms with E-state index in [2.05, 4.69) is 0 Å². The second-order valence-electron chi connectivity index (χ2n) is 6.77. The number of hydrogen-bond acceptors (Lipinski definition) is 6. The number of amides is 1. The topological polar surface area (TPSA) is 130 Å². The molecule has 0 heterocycles. The van der Waals surface area contributed by atoms with E-state index in [0.29, 0.717) is 16.7 Å². The first-order valence-corrected chi connectivity index (χ1v) is 10.2. The highest BCUT2D eigenvalue weighted by Gasteiger charge is 2.28. The quantitative estimate of drug-likeness (QED) is 0.383. The number of nitrogens with one attached hydrogen (secondary N) is 1. The van der Waals surface area contributed by atoms with E-state index in [9.17, 15) is 23.3 Å². The summed E-state index contributed by atoms with van der Waals surface area (Å²) in [7, 11) is -3.97. The number of carbonyl (C=O) groups is 1. The fourth-order valence-electron chi connectivity index (χ4n) is 3.20. The van der Waals surface area contributed by atoms with E-state index in [0.717, 1.165) is 9.87 Å². The van der Waals surface area contributed by atoms with Crippen molar-refractivity contribution in [2.45, 2.75) is 38.6 Å². The zero-order valence-corrected chi connectivity index (χ0v) is 17.2. The van der Waals surface area contributed by atoms with Crippen LogP contribution in [0.3, 0.4) is 0 Å². The predicted molar refractivity (Wildman–Crippen MR) is 106 cm³/mol. The van der Waals surface area contributed by atoms with Crippen LogP contribution in [0.1, 0.15) is 28.7 Å². The maximum atomic E-state index is 13.4. The van der Waals surface area contributed by atoms with Gasteiger partial charge in [0.05, 0.1) is 9.82 Å². The largest absolute Gasteiger partial charge is 0.289 e. The number of nitro benzene ring substituents is 1. The Bertz CT molecular complexity index is 996. The molecule has 2 N–H and O–H groups in total. The lowest BCUT2D eigenvalue weighted by Gasteiger charge is -2.24. The number of hydroxylamine groups is 1. The lowest BCUT2D eigenvalue weighted by Crippen LogP contribution is -2.35. The summed E-state index contributed by atoms with van der Waals surface area (Å²) < 4.78 is 27.9. The van der Waals surface area contributed by atoms with Crippen molar-refractivity contribution >= 4 is 21.6 Å². The number of sulfonamides is 1. The number of aryl methyl sites for hydroxylation is 3. The summed E-state index contributed by atoms with van der Waals surface area (Å²) in [5, 5.41) is 19.5. The van der Waals surface area contributed by atoms with Crippen LogP contribution in [-0.4, -0.2) is 35.3 Å². The molecule has 2 aromatic carbocycles. The standard InChI is InChI=1S/C19H23N3O6S/c1-13-10-14(2)19(15(3)11-13)29(27,28)21(9-8-18(23)20-24)12-16-4-6-17(7-5-16)22(25)26/h4-7,10-11,24H,8-9,12H2,1-3H3,(H,20,23). The van der Waals surface area contributed by atoms with Gasteiger partial charge in [0.2, 0.25) is 15.9 Å². The number of carbonyl (C=O) groups excluding carboxylic acids is 1. The SMILES string of the molecule is Cc1cc(C)c(S(=O)(=O)N(CCC(=O)NO)Cc2ccc([N+](=O)[O-])cc2)c(C)c1. The Labute approximate surface area is 169 Å². The molecule has 0 aliphatic heterocycles. The fraction of sp³-hybridized carbons (Fsp3) is 0.316. The van der Waals surface area contributed by atoms with Crippen LogP contribution in [0.15, 0.2) is 41.3 Å². The van der Waals surface area contributed by atoms with Crippen LogP contribution in [0.2, 0.25) is 0 Å². The van der Waals surface area contributed by atoms with Gasteiger partial charge in [0.15, 0.2) is 0 Å². The molecule has 0 aromatic heterocycles. The maximum absolute atomic E-state index is 13.4. The Morgan fingerprint density at radius 1 is 1.14 bits per heavy atom. The predicted octanol–water partition coefficient (Wildman–Crippen LogP) is 2.61. The van der Waals surface area contributed by atoms with Crippen molar-refractivity contribution in [1.29, 1.82) is 0 Å². The van der Waals surface area contributed by atoms with Gasteiger partial charge >= 0.3 is 0 Å². The normalized spacial score (nSPS) is 11.5. The first-order valence-electron chi connectivity index (χ1n) is 8.80. The molecule has 0 aliphatic rings. The highest BCUT2D eigenvalue weighted by molar-refractivity contribution is 7.89. The lowest BCUT2D eigenvalue weighted by atomic mass is 10.1. The van der Waals surface area contributed by atoms with Gasteiger partial charge in [0.1, 0.15) is 0 Å². The van der Waals surface area contributed by atoms with Crippen molar-refractivity contribution in [3.63, 3.8) is 0 Å². The van der Waals surface area contributed by atoms with Gasteiger partial charge in [0, 0.05) is 31.6 Å². The van der Waals surface area contributed by atoms with Gasteiger partial charge in [0.25, 0.3) is 5.69 Å². The van der Waals surface area contributed by atoms with Crippen molar-refractivity contribution in [3.8, 4) is 0 Å². The minimum Gasteiger partial charge on any atom is -0.289 e. The molecule has 10 heteroatoms. The van der Waals surface area contributed by atoms with Crippen molar-refractivity contribution < 1.29 is 23.3 Å². The number of benzene rings is 2. The van der Waals surface area contributed by atoms with E-state index < -0.39 is 20.9 Å². The molecule has 1 amide bonds. The molecule has 0 aliphatic carbocycles. The van der Waals surface area contributed by atoms with Gasteiger partial charge in [-0.25, -0.2) is 13.9 Å². The third-order valence-corrected chi connectivity index (χ3v) is 6.57. The van der Waals surface area contributed by atoms with Crippen LogP contribution in [-0.2, 0) is 21.4 Å². The van der Waals surface area contributed by atoms with E-state index in [1.54, 1.807) is 26.0 Å². The van der Waals surface area contributed by atoms with Gasteiger partial charge in [-0.3, -0.25) is 20.1 Å². The molecular weight excluding hydrogens is 398 g/mol. The van der Waals surface area contributed by atoms with Gasteiger partial charge in [-0.2, -0.15) is 4.31 Å². The average molecular weight is 421 g/mol. The third-order valence-electron chi connectivity index (χ3n) is 4.42. The summed E-state index contributed by atoms with van der Waals surface area (Å²) in [6.07, 6.45) is -0.243. The van der Waals surface area contributed by atoms with Crippen molar-refractivity contribution in [2.75, 3.05) is 6.54 Å². The summed E-state index contributed by atoms with van der Waals surface area (Å²) in [5.74, 6) is -0.716. The van der Waals surface area contributed by atoms with E-state index in [1.807, 2.05) is 6.92 Å². The zero-order chi connectivity index (χ0) is 21.8. The van der Waals surface area contributed by atoms with Crippen LogP contribution in [0.5, 0.6) is 0 Å². The molecule has 9 nitrogen and oxygen atoms in total. The van der Waals surface area contributed by atoms with E-state index in [4.69, 9.17) is 5.21 Å². The van der Waals surface area contributed by atoms with Gasteiger partial charge in [-0.1, -0.05) is 29.8 Å². The smallest absolute Gasteiger partial charge is 0.269 e. The fourth-order valence-corrected chi connectivity index (χ4v) is 5.04. The Morgan fingerprint density at radius 2 is 1.69 bits per heavy atom. The monoisotopic (exact) mass is 421 g/mol. The van der Waals surface area contributed by atoms with Crippen molar-refractivity contribution in [2.24, 2.45) is 0 Å². The van der Waals surface area contributed by atoms with Crippen molar-refractivity contribution in [1.82, 2.24) is 9.79 Å². The molecule has 0 radical (unpaired) electrons. The maximum Gasteiger partial charge on any atom is 0.269 e. The molecule has 0 atom stereocenters. The molecule has 0 spiro atoms. The summed E-state index contributed by atoms with van der Waals surface area (Å²) in [6.45, 7) is 5.04. The van der Waals surface area contributed by atoms with Crippen LogP contribution in [0, 0.1) is 30.9 Å². The second-order valence-corrected chi connectivity index (χ2v) is 8.65. The summed E-state index contributed by atoms with van der Waals surface area (Å²) in [6, 6.07) is 9.07. The molecule has 0 unspecified atom stereocenters.